The van der Waals surface area contributed by atoms with E-state index in [2.05, 4.69) is 0 Å². The smallest absolute Gasteiger partial charge is 0.267 e. The summed E-state index contributed by atoms with van der Waals surface area (Å²) in [6.45, 7) is 2.21. The standard InChI is InChI=1S/C9H13F2NO2/c1-3-8(14)12-5-9(10,11)4-7(12)6(2)13/h7H,3-5H2,1-2H3/t7-/m0/s1. The van der Waals surface area contributed by atoms with Crippen LogP contribution in [0.4, 0.5) is 8.78 Å². The highest BCUT2D eigenvalue weighted by molar-refractivity contribution is 5.88. The minimum atomic E-state index is -2.92. The van der Waals surface area contributed by atoms with Crippen LogP contribution in [0.25, 0.3) is 0 Å². The largest absolute Gasteiger partial charge is 0.326 e. The third-order valence-corrected chi connectivity index (χ3v) is 2.36. The fraction of sp³-hybridized carbons (Fsp3) is 0.778. The Hall–Kier alpha value is -1.00. The molecule has 1 amide bonds. The fourth-order valence-electron chi connectivity index (χ4n) is 1.65. The predicted molar refractivity (Wildman–Crippen MR) is 46.0 cm³/mol. The Balaban J connectivity index is 2.83. The summed E-state index contributed by atoms with van der Waals surface area (Å²) in [6.07, 6.45) is -0.381. The second-order valence-electron chi connectivity index (χ2n) is 3.56. The van der Waals surface area contributed by atoms with Crippen molar-refractivity contribution in [1.82, 2.24) is 4.90 Å². The van der Waals surface area contributed by atoms with Crippen LogP contribution in [-0.4, -0.2) is 35.1 Å². The summed E-state index contributed by atoms with van der Waals surface area (Å²) in [6, 6.07) is -0.933. The van der Waals surface area contributed by atoms with Gasteiger partial charge in [-0.2, -0.15) is 0 Å². The number of amides is 1. The topological polar surface area (TPSA) is 37.4 Å². The molecule has 0 aromatic carbocycles. The number of Topliss-reactive ketones (excluding diaryl/α,β-unsaturated/α-hetero) is 1. The molecule has 1 rings (SSSR count). The van der Waals surface area contributed by atoms with Crippen molar-refractivity contribution in [3.8, 4) is 0 Å². The highest BCUT2D eigenvalue weighted by Gasteiger charge is 2.48. The molecule has 0 aromatic heterocycles. The molecule has 1 aliphatic rings. The van der Waals surface area contributed by atoms with Gasteiger partial charge in [0, 0.05) is 12.8 Å². The van der Waals surface area contributed by atoms with Gasteiger partial charge in [-0.3, -0.25) is 9.59 Å². The lowest BCUT2D eigenvalue weighted by molar-refractivity contribution is -0.137. The maximum Gasteiger partial charge on any atom is 0.267 e. The number of rotatable bonds is 2. The zero-order chi connectivity index (χ0) is 10.9. The number of carbonyl (C=O) groups excluding carboxylic acids is 2. The van der Waals surface area contributed by atoms with Crippen LogP contribution in [0, 0.1) is 0 Å². The molecule has 0 radical (unpaired) electrons. The van der Waals surface area contributed by atoms with Gasteiger partial charge < -0.3 is 4.90 Å². The average Bonchev–Trinajstić information content (AvgIpc) is 2.40. The zero-order valence-corrected chi connectivity index (χ0v) is 8.22. The molecule has 1 heterocycles. The van der Waals surface area contributed by atoms with Crippen LogP contribution in [0.1, 0.15) is 26.7 Å². The summed E-state index contributed by atoms with van der Waals surface area (Å²) in [7, 11) is 0. The van der Waals surface area contributed by atoms with Gasteiger partial charge in [0.1, 0.15) is 0 Å². The minimum Gasteiger partial charge on any atom is -0.326 e. The summed E-state index contributed by atoms with van der Waals surface area (Å²) in [5, 5.41) is 0. The number of ketones is 1. The number of likely N-dealkylation sites (tertiary alicyclic amines) is 1. The Kier molecular flexibility index (Phi) is 2.87. The van der Waals surface area contributed by atoms with E-state index in [-0.39, 0.29) is 18.1 Å². The van der Waals surface area contributed by atoms with E-state index in [1.807, 2.05) is 0 Å². The fourth-order valence-corrected chi connectivity index (χ4v) is 1.65. The van der Waals surface area contributed by atoms with Crippen LogP contribution in [0.5, 0.6) is 0 Å². The number of hydrogen-bond donors (Lipinski definition) is 0. The van der Waals surface area contributed by atoms with Crippen molar-refractivity contribution in [3.63, 3.8) is 0 Å². The molecule has 0 unspecified atom stereocenters. The molecule has 0 aromatic rings. The van der Waals surface area contributed by atoms with Gasteiger partial charge in [-0.15, -0.1) is 0 Å². The van der Waals surface area contributed by atoms with E-state index < -0.39 is 24.9 Å². The summed E-state index contributed by atoms with van der Waals surface area (Å²) in [5.41, 5.74) is 0. The van der Waals surface area contributed by atoms with Crippen molar-refractivity contribution in [1.29, 1.82) is 0 Å². The third-order valence-electron chi connectivity index (χ3n) is 2.36. The maximum atomic E-state index is 13.0. The lowest BCUT2D eigenvalue weighted by atomic mass is 10.1. The van der Waals surface area contributed by atoms with Crippen LogP contribution in [0.15, 0.2) is 0 Å². The molecule has 0 aliphatic carbocycles. The predicted octanol–water partition coefficient (Wildman–Crippen LogP) is 1.22. The lowest BCUT2D eigenvalue weighted by Gasteiger charge is -2.20. The highest BCUT2D eigenvalue weighted by Crippen LogP contribution is 2.32. The number of alkyl halides is 2. The number of hydrogen-bond acceptors (Lipinski definition) is 2. The normalized spacial score (nSPS) is 25.1. The molecule has 0 saturated carbocycles. The molecular formula is C9H13F2NO2. The summed E-state index contributed by atoms with van der Waals surface area (Å²) in [4.78, 5) is 23.3. The number of halogens is 2. The van der Waals surface area contributed by atoms with Crippen molar-refractivity contribution in [3.05, 3.63) is 0 Å². The quantitative estimate of drug-likeness (QED) is 0.679. The molecular weight excluding hydrogens is 192 g/mol. The van der Waals surface area contributed by atoms with Crippen molar-refractivity contribution in [2.45, 2.75) is 38.7 Å². The molecule has 1 atom stereocenters. The zero-order valence-electron chi connectivity index (χ0n) is 8.22. The van der Waals surface area contributed by atoms with Gasteiger partial charge in [-0.05, 0) is 6.92 Å². The first-order valence-electron chi connectivity index (χ1n) is 4.55. The molecule has 80 valence electrons. The molecule has 1 aliphatic heterocycles. The summed E-state index contributed by atoms with van der Waals surface area (Å²) >= 11 is 0. The molecule has 5 heteroatoms. The van der Waals surface area contributed by atoms with Gasteiger partial charge in [-0.1, -0.05) is 6.92 Å². The highest BCUT2D eigenvalue weighted by atomic mass is 19.3. The number of nitrogens with zero attached hydrogens (tertiary/aromatic N) is 1. The van der Waals surface area contributed by atoms with Crippen molar-refractivity contribution in [2.75, 3.05) is 6.54 Å². The van der Waals surface area contributed by atoms with Crippen LogP contribution < -0.4 is 0 Å². The molecule has 0 spiro atoms. The average molecular weight is 205 g/mol. The first-order valence-corrected chi connectivity index (χ1v) is 4.55. The van der Waals surface area contributed by atoms with E-state index in [1.165, 1.54) is 6.92 Å². The van der Waals surface area contributed by atoms with E-state index in [0.717, 1.165) is 4.90 Å². The van der Waals surface area contributed by atoms with Crippen LogP contribution >= 0.6 is 0 Å². The first-order chi connectivity index (χ1) is 6.37. The Morgan fingerprint density at radius 2 is 2.07 bits per heavy atom. The van der Waals surface area contributed by atoms with Crippen LogP contribution in [-0.2, 0) is 9.59 Å². The Morgan fingerprint density at radius 3 is 2.50 bits per heavy atom. The van der Waals surface area contributed by atoms with Crippen molar-refractivity contribution in [2.24, 2.45) is 0 Å². The summed E-state index contributed by atoms with van der Waals surface area (Å²) in [5.74, 6) is -3.67. The third kappa shape index (κ3) is 2.08. The Labute approximate surface area is 81.1 Å². The van der Waals surface area contributed by atoms with Gasteiger partial charge in [0.25, 0.3) is 5.92 Å². The van der Waals surface area contributed by atoms with Gasteiger partial charge >= 0.3 is 0 Å². The summed E-state index contributed by atoms with van der Waals surface area (Å²) < 4.78 is 25.9. The molecule has 14 heavy (non-hydrogen) atoms. The molecule has 1 fully saturated rings. The molecule has 1 saturated heterocycles. The van der Waals surface area contributed by atoms with Crippen molar-refractivity contribution < 1.29 is 18.4 Å². The first kappa shape index (κ1) is 11.1. The SMILES string of the molecule is CCC(=O)N1CC(F)(F)C[C@H]1C(C)=O. The second-order valence-corrected chi connectivity index (χ2v) is 3.56. The van der Waals surface area contributed by atoms with E-state index in [9.17, 15) is 18.4 Å². The van der Waals surface area contributed by atoms with E-state index in [0.29, 0.717) is 0 Å². The maximum absolute atomic E-state index is 13.0. The van der Waals surface area contributed by atoms with E-state index >= 15 is 0 Å². The van der Waals surface area contributed by atoms with Crippen molar-refractivity contribution >= 4 is 11.7 Å². The van der Waals surface area contributed by atoms with Crippen LogP contribution in [0.2, 0.25) is 0 Å². The monoisotopic (exact) mass is 205 g/mol. The molecule has 0 N–H and O–H groups in total. The molecule has 3 nitrogen and oxygen atoms in total. The molecule has 0 bridgehead atoms. The van der Waals surface area contributed by atoms with Gasteiger partial charge in [-0.25, -0.2) is 8.78 Å². The Bertz CT molecular complexity index is 266. The van der Waals surface area contributed by atoms with Gasteiger partial charge in [0.2, 0.25) is 5.91 Å². The minimum absolute atomic E-state index is 0.153. The van der Waals surface area contributed by atoms with Gasteiger partial charge in [0.15, 0.2) is 5.78 Å². The second kappa shape index (κ2) is 3.63. The number of carbonyl (C=O) groups is 2. The van der Waals surface area contributed by atoms with Gasteiger partial charge in [0.05, 0.1) is 12.6 Å². The van der Waals surface area contributed by atoms with E-state index in [1.54, 1.807) is 6.92 Å². The lowest BCUT2D eigenvalue weighted by Crippen LogP contribution is -2.39. The van der Waals surface area contributed by atoms with E-state index in [4.69, 9.17) is 0 Å². The van der Waals surface area contributed by atoms with Crippen LogP contribution in [0.3, 0.4) is 0 Å². The Morgan fingerprint density at radius 1 is 1.50 bits per heavy atom.